The van der Waals surface area contributed by atoms with Crippen molar-refractivity contribution >= 4 is 0 Å². The monoisotopic (exact) mass is 382 g/mol. The molecule has 0 aliphatic carbocycles. The molecule has 0 spiro atoms. The molecule has 0 aromatic carbocycles. The van der Waals surface area contributed by atoms with E-state index in [1.165, 1.54) is 28.9 Å². The number of rotatable bonds is 9. The van der Waals surface area contributed by atoms with E-state index in [2.05, 4.69) is 36.2 Å². The summed E-state index contributed by atoms with van der Waals surface area (Å²) in [6.45, 7) is 7.23. The summed E-state index contributed by atoms with van der Waals surface area (Å²) in [5, 5.41) is 12.2. The first-order valence-electron chi connectivity index (χ1n) is 10.6. The first kappa shape index (κ1) is 20.9. The molecule has 2 aromatic rings. The van der Waals surface area contributed by atoms with Gasteiger partial charge in [0.05, 0.1) is 30.1 Å². The van der Waals surface area contributed by atoms with Gasteiger partial charge in [0.15, 0.2) is 0 Å². The first-order valence-corrected chi connectivity index (χ1v) is 10.6. The number of nitrogens with zero attached hydrogens (tertiary/aromatic N) is 3. The summed E-state index contributed by atoms with van der Waals surface area (Å²) < 4.78 is 0. The lowest BCUT2D eigenvalue weighted by atomic mass is 9.88. The van der Waals surface area contributed by atoms with E-state index in [0.717, 1.165) is 38.8 Å². The van der Waals surface area contributed by atoms with Crippen LogP contribution in [0.4, 0.5) is 0 Å². The van der Waals surface area contributed by atoms with Crippen molar-refractivity contribution in [2.24, 2.45) is 0 Å². The number of aromatic nitrogens is 2. The molecule has 1 saturated heterocycles. The number of likely N-dealkylation sites (tertiary alicyclic amines) is 1. The number of hydrogen-bond donors (Lipinski definition) is 2. The zero-order valence-corrected chi connectivity index (χ0v) is 17.3. The number of aryl methyl sites for hydroxylation is 2. The summed E-state index contributed by atoms with van der Waals surface area (Å²) in [6.07, 6.45) is 9.60. The summed E-state index contributed by atoms with van der Waals surface area (Å²) >= 11 is 0. The minimum absolute atomic E-state index is 0.203. The second kappa shape index (κ2) is 10.6. The Morgan fingerprint density at radius 2 is 1.57 bits per heavy atom. The van der Waals surface area contributed by atoms with E-state index in [9.17, 15) is 0 Å². The minimum atomic E-state index is 0.203. The van der Waals surface area contributed by atoms with E-state index in [1.54, 1.807) is 0 Å². The van der Waals surface area contributed by atoms with Gasteiger partial charge in [-0.2, -0.15) is 0 Å². The van der Waals surface area contributed by atoms with Crippen LogP contribution < -0.4 is 5.32 Å². The molecule has 1 aliphatic rings. The van der Waals surface area contributed by atoms with Crippen molar-refractivity contribution in [3.63, 3.8) is 0 Å². The Balaban J connectivity index is 1.80. The lowest BCUT2D eigenvalue weighted by molar-refractivity contribution is 0.0742. The van der Waals surface area contributed by atoms with Gasteiger partial charge in [-0.3, -0.25) is 14.9 Å². The average molecular weight is 383 g/mol. The molecule has 0 unspecified atom stereocenters. The number of nitrogens with one attached hydrogen (secondary N) is 1. The van der Waals surface area contributed by atoms with Crippen LogP contribution in [0.3, 0.4) is 0 Å². The molecule has 0 saturated carbocycles. The largest absolute Gasteiger partial charge is 0.395 e. The van der Waals surface area contributed by atoms with Gasteiger partial charge >= 0.3 is 0 Å². The Morgan fingerprint density at radius 3 is 2.11 bits per heavy atom. The fraction of sp³-hybridized carbons (Fsp3) is 0.565. The van der Waals surface area contributed by atoms with E-state index in [-0.39, 0.29) is 6.61 Å². The van der Waals surface area contributed by atoms with Gasteiger partial charge in [0.1, 0.15) is 0 Å². The zero-order chi connectivity index (χ0) is 19.8. The molecule has 0 radical (unpaired) electrons. The lowest BCUT2D eigenvalue weighted by Crippen LogP contribution is -2.38. The van der Waals surface area contributed by atoms with Crippen molar-refractivity contribution < 1.29 is 5.11 Å². The van der Waals surface area contributed by atoms with Crippen LogP contribution >= 0.6 is 0 Å². The van der Waals surface area contributed by atoms with Crippen LogP contribution in [0.1, 0.15) is 66.7 Å². The summed E-state index contributed by atoms with van der Waals surface area (Å²) in [5.41, 5.74) is 5.00. The number of piperidine rings is 1. The maximum Gasteiger partial charge on any atom is 0.0604 e. The molecule has 3 rings (SSSR count). The highest BCUT2D eigenvalue weighted by Gasteiger charge is 2.34. The van der Waals surface area contributed by atoms with Crippen LogP contribution in [0.15, 0.2) is 36.7 Å². The van der Waals surface area contributed by atoms with E-state index >= 15 is 0 Å². The third-order valence-electron chi connectivity index (χ3n) is 5.80. The normalized spacial score (nSPS) is 20.4. The Kier molecular flexibility index (Phi) is 7.95. The van der Waals surface area contributed by atoms with Gasteiger partial charge in [0, 0.05) is 18.9 Å². The number of unbranched alkanes of at least 4 members (excludes halogenated alkanes) is 1. The summed E-state index contributed by atoms with van der Waals surface area (Å²) in [4.78, 5) is 12.2. The predicted molar refractivity (Wildman–Crippen MR) is 113 cm³/mol. The third kappa shape index (κ3) is 5.16. The SMILES string of the molecule is Cc1cccnc1[C@H]1CCC[C@@H](c2ncccc2C)N1CCCCNCCO. The van der Waals surface area contributed by atoms with Gasteiger partial charge in [-0.25, -0.2) is 0 Å². The fourth-order valence-electron chi connectivity index (χ4n) is 4.39. The van der Waals surface area contributed by atoms with Gasteiger partial charge < -0.3 is 10.4 Å². The van der Waals surface area contributed by atoms with Gasteiger partial charge in [-0.15, -0.1) is 0 Å². The van der Waals surface area contributed by atoms with E-state index < -0.39 is 0 Å². The summed E-state index contributed by atoms with van der Waals surface area (Å²) in [6, 6.07) is 9.11. The van der Waals surface area contributed by atoms with Crippen LogP contribution in [0.5, 0.6) is 0 Å². The van der Waals surface area contributed by atoms with Gasteiger partial charge in [-0.1, -0.05) is 12.1 Å². The van der Waals surface area contributed by atoms with E-state index in [4.69, 9.17) is 15.1 Å². The average Bonchev–Trinajstić information content (AvgIpc) is 2.71. The molecule has 3 heterocycles. The van der Waals surface area contributed by atoms with Crippen LogP contribution in [0, 0.1) is 13.8 Å². The first-order chi connectivity index (χ1) is 13.7. The molecule has 0 amide bonds. The lowest BCUT2D eigenvalue weighted by Gasteiger charge is -2.42. The maximum absolute atomic E-state index is 8.92. The van der Waals surface area contributed by atoms with E-state index in [0.29, 0.717) is 18.6 Å². The molecule has 0 bridgehead atoms. The van der Waals surface area contributed by atoms with Crippen molar-refractivity contribution in [2.75, 3.05) is 26.2 Å². The smallest absolute Gasteiger partial charge is 0.0604 e. The summed E-state index contributed by atoms with van der Waals surface area (Å²) in [5.74, 6) is 0. The zero-order valence-electron chi connectivity index (χ0n) is 17.3. The van der Waals surface area contributed by atoms with Gasteiger partial charge in [0.25, 0.3) is 0 Å². The van der Waals surface area contributed by atoms with Crippen molar-refractivity contribution in [3.05, 3.63) is 59.2 Å². The molecule has 5 heteroatoms. The van der Waals surface area contributed by atoms with Crippen LogP contribution in [-0.2, 0) is 0 Å². The predicted octanol–water partition coefficient (Wildman–Crippen LogP) is 3.72. The van der Waals surface area contributed by atoms with Crippen LogP contribution in [-0.4, -0.2) is 46.2 Å². The minimum Gasteiger partial charge on any atom is -0.395 e. The number of pyridine rings is 2. The molecular formula is C23H34N4O. The molecule has 5 nitrogen and oxygen atoms in total. The summed E-state index contributed by atoms with van der Waals surface area (Å²) in [7, 11) is 0. The fourth-order valence-corrected chi connectivity index (χ4v) is 4.39. The molecule has 1 fully saturated rings. The number of aliphatic hydroxyl groups excluding tert-OH is 1. The van der Waals surface area contributed by atoms with Gasteiger partial charge in [-0.05, 0) is 82.3 Å². The highest BCUT2D eigenvalue weighted by atomic mass is 16.3. The second-order valence-electron chi connectivity index (χ2n) is 7.79. The molecule has 28 heavy (non-hydrogen) atoms. The molecule has 2 aromatic heterocycles. The molecule has 1 aliphatic heterocycles. The quantitative estimate of drug-likeness (QED) is 0.647. The van der Waals surface area contributed by atoms with Crippen molar-refractivity contribution in [3.8, 4) is 0 Å². The molecular weight excluding hydrogens is 348 g/mol. The number of aliphatic hydroxyl groups is 1. The highest BCUT2D eigenvalue weighted by Crippen LogP contribution is 2.42. The van der Waals surface area contributed by atoms with Crippen molar-refractivity contribution in [2.45, 2.75) is 58.0 Å². The Bertz CT molecular complexity index is 683. The van der Waals surface area contributed by atoms with E-state index in [1.807, 2.05) is 24.5 Å². The van der Waals surface area contributed by atoms with Crippen molar-refractivity contribution in [1.29, 1.82) is 0 Å². The molecule has 152 valence electrons. The Hall–Kier alpha value is -1.82. The standard InChI is InChI=1S/C23H34N4O/c1-18-8-6-13-25-22(18)20-10-5-11-21(23-19(2)9-7-14-26-23)27(20)16-4-3-12-24-15-17-28/h6-9,13-14,20-21,24,28H,3-5,10-12,15-17H2,1-2H3/t20-,21+. The number of hydrogen-bond acceptors (Lipinski definition) is 5. The van der Waals surface area contributed by atoms with Crippen LogP contribution in [0.25, 0.3) is 0 Å². The third-order valence-corrected chi connectivity index (χ3v) is 5.80. The Morgan fingerprint density at radius 1 is 0.964 bits per heavy atom. The highest BCUT2D eigenvalue weighted by molar-refractivity contribution is 5.25. The maximum atomic E-state index is 8.92. The van der Waals surface area contributed by atoms with Crippen LogP contribution in [0.2, 0.25) is 0 Å². The Labute approximate surface area is 169 Å². The molecule has 2 N–H and O–H groups in total. The second-order valence-corrected chi connectivity index (χ2v) is 7.79. The topological polar surface area (TPSA) is 61.3 Å². The van der Waals surface area contributed by atoms with Crippen molar-refractivity contribution in [1.82, 2.24) is 20.2 Å². The van der Waals surface area contributed by atoms with Gasteiger partial charge in [0.2, 0.25) is 0 Å². The molecule has 2 atom stereocenters.